The maximum atomic E-state index is 14.1. The fourth-order valence-electron chi connectivity index (χ4n) is 4.02. The molecule has 3 heterocycles. The Hall–Kier alpha value is -3.89. The van der Waals surface area contributed by atoms with Crippen molar-refractivity contribution < 1.29 is 26.7 Å². The van der Waals surface area contributed by atoms with Crippen LogP contribution < -0.4 is 14.2 Å². The molecular formula is C27H37FN8O5SSi. The maximum Gasteiger partial charge on any atom is 0.243 e. The molecule has 16 heteroatoms. The van der Waals surface area contributed by atoms with Gasteiger partial charge in [0.1, 0.15) is 34.2 Å². The molecule has 0 aliphatic rings. The van der Waals surface area contributed by atoms with E-state index >= 15 is 0 Å². The molecule has 0 bridgehead atoms. The highest BCUT2D eigenvalue weighted by atomic mass is 32.2. The third-order valence-corrected chi connectivity index (χ3v) is 13.7. The lowest BCUT2D eigenvalue weighted by Crippen LogP contribution is -2.45. The smallest absolute Gasteiger partial charge is 0.243 e. The van der Waals surface area contributed by atoms with E-state index in [1.54, 1.807) is 42.2 Å². The van der Waals surface area contributed by atoms with Crippen molar-refractivity contribution in [1.82, 2.24) is 34.5 Å². The molecule has 2 atom stereocenters. The van der Waals surface area contributed by atoms with Gasteiger partial charge < -0.3 is 13.9 Å². The summed E-state index contributed by atoms with van der Waals surface area (Å²) in [5, 5.41) is 11.4. The van der Waals surface area contributed by atoms with Crippen molar-refractivity contribution in [3.8, 4) is 28.7 Å². The Morgan fingerprint density at radius 1 is 1.02 bits per heavy atom. The van der Waals surface area contributed by atoms with Gasteiger partial charge in [0, 0.05) is 13.2 Å². The van der Waals surface area contributed by atoms with Gasteiger partial charge in [-0.1, -0.05) is 26.8 Å². The normalized spacial score (nSPS) is 13.9. The first kappa shape index (κ1) is 32.0. The van der Waals surface area contributed by atoms with Gasteiger partial charge in [-0.05, 0) is 43.3 Å². The zero-order chi connectivity index (χ0) is 31.7. The first-order chi connectivity index (χ1) is 20.1. The number of methoxy groups -OCH3 is 2. The monoisotopic (exact) mass is 632 g/mol. The van der Waals surface area contributed by atoms with E-state index in [1.807, 2.05) is 33.9 Å². The average molecular weight is 633 g/mol. The molecule has 0 fully saturated rings. The molecule has 1 unspecified atom stereocenters. The predicted octanol–water partition coefficient (Wildman–Crippen LogP) is 4.51. The lowest BCUT2D eigenvalue weighted by atomic mass is 10.2. The van der Waals surface area contributed by atoms with Crippen molar-refractivity contribution in [2.45, 2.75) is 57.2 Å². The summed E-state index contributed by atoms with van der Waals surface area (Å²) in [7, 11) is -2.12. The summed E-state index contributed by atoms with van der Waals surface area (Å²) < 4.78 is 65.4. The van der Waals surface area contributed by atoms with E-state index in [1.165, 1.54) is 25.7 Å². The van der Waals surface area contributed by atoms with Crippen LogP contribution in [0.3, 0.4) is 0 Å². The fraction of sp³-hybridized carbons (Fsp3) is 0.444. The molecule has 0 amide bonds. The summed E-state index contributed by atoms with van der Waals surface area (Å²) in [4.78, 5) is 8.17. The SMILES string of the molecule is COc1cccc(OC)c1-n1c(NS(=O)(=O)[C@H](C)C(O[Si](C)(C)C(C)(C)C)c2ncc(F)cn2)nnc1-c1ccn(C)n1. The number of benzene rings is 1. The molecule has 0 aliphatic carbocycles. The summed E-state index contributed by atoms with van der Waals surface area (Å²) in [6, 6.07) is 6.87. The van der Waals surface area contributed by atoms with Crippen molar-refractivity contribution in [3.05, 3.63) is 54.5 Å². The Labute approximate surface area is 251 Å². The van der Waals surface area contributed by atoms with Gasteiger partial charge in [-0.2, -0.15) is 5.10 Å². The highest BCUT2D eigenvalue weighted by molar-refractivity contribution is 7.93. The quantitative estimate of drug-likeness (QED) is 0.234. The van der Waals surface area contributed by atoms with Crippen LogP contribution in [0, 0.1) is 5.82 Å². The second-order valence-electron chi connectivity index (χ2n) is 11.5. The number of nitrogens with one attached hydrogen (secondary N) is 1. The van der Waals surface area contributed by atoms with Crippen molar-refractivity contribution >= 4 is 24.3 Å². The minimum absolute atomic E-state index is 0.0474. The number of hydrogen-bond donors (Lipinski definition) is 1. The van der Waals surface area contributed by atoms with Crippen molar-refractivity contribution in [2.75, 3.05) is 18.9 Å². The maximum absolute atomic E-state index is 14.1. The van der Waals surface area contributed by atoms with Crippen LogP contribution >= 0.6 is 0 Å². The molecule has 13 nitrogen and oxygen atoms in total. The highest BCUT2D eigenvalue weighted by Crippen LogP contribution is 2.42. The lowest BCUT2D eigenvalue weighted by Gasteiger charge is -2.40. The average Bonchev–Trinajstić information content (AvgIpc) is 3.56. The van der Waals surface area contributed by atoms with Crippen molar-refractivity contribution in [2.24, 2.45) is 7.05 Å². The fourth-order valence-corrected chi connectivity index (χ4v) is 6.49. The van der Waals surface area contributed by atoms with E-state index in [4.69, 9.17) is 13.9 Å². The van der Waals surface area contributed by atoms with E-state index < -0.39 is 35.5 Å². The summed E-state index contributed by atoms with van der Waals surface area (Å²) in [5.74, 6) is 0.258. The Kier molecular flexibility index (Phi) is 8.94. The number of rotatable bonds is 11. The summed E-state index contributed by atoms with van der Waals surface area (Å²) in [6.45, 7) is 11.5. The number of anilines is 1. The number of para-hydroxylation sites is 1. The summed E-state index contributed by atoms with van der Waals surface area (Å²) in [5.41, 5.74) is 0.791. The number of nitrogens with zero attached hydrogens (tertiary/aromatic N) is 7. The molecule has 4 aromatic rings. The minimum Gasteiger partial charge on any atom is -0.494 e. The molecule has 1 N–H and O–H groups in total. The zero-order valence-corrected chi connectivity index (χ0v) is 27.5. The van der Waals surface area contributed by atoms with Gasteiger partial charge in [-0.25, -0.2) is 22.8 Å². The molecule has 43 heavy (non-hydrogen) atoms. The summed E-state index contributed by atoms with van der Waals surface area (Å²) >= 11 is 0. The molecular weight excluding hydrogens is 595 g/mol. The topological polar surface area (TPSA) is 148 Å². The molecule has 3 aromatic heterocycles. The van der Waals surface area contributed by atoms with Gasteiger partial charge in [-0.15, -0.1) is 10.2 Å². The molecule has 4 rings (SSSR count). The third-order valence-electron chi connectivity index (χ3n) is 7.50. The number of halogens is 1. The first-order valence-electron chi connectivity index (χ1n) is 13.4. The second kappa shape index (κ2) is 12.0. The molecule has 0 saturated carbocycles. The predicted molar refractivity (Wildman–Crippen MR) is 162 cm³/mol. The van der Waals surface area contributed by atoms with Gasteiger partial charge in [0.25, 0.3) is 0 Å². The lowest BCUT2D eigenvalue weighted by molar-refractivity contribution is 0.172. The molecule has 0 aliphatic heterocycles. The summed E-state index contributed by atoms with van der Waals surface area (Å²) in [6.07, 6.45) is 2.58. The van der Waals surface area contributed by atoms with Crippen LogP contribution in [0.2, 0.25) is 18.1 Å². The van der Waals surface area contributed by atoms with Crippen LogP contribution in [-0.2, 0) is 21.5 Å². The van der Waals surface area contributed by atoms with Gasteiger partial charge in [-0.3, -0.25) is 14.0 Å². The molecule has 0 saturated heterocycles. The zero-order valence-electron chi connectivity index (χ0n) is 25.7. The van der Waals surface area contributed by atoms with E-state index in [2.05, 4.69) is 30.0 Å². The van der Waals surface area contributed by atoms with Crippen molar-refractivity contribution in [1.29, 1.82) is 0 Å². The van der Waals surface area contributed by atoms with Gasteiger partial charge in [0.05, 0.1) is 26.6 Å². The number of ether oxygens (including phenoxy) is 2. The largest absolute Gasteiger partial charge is 0.494 e. The third kappa shape index (κ3) is 6.55. The number of hydrogen-bond acceptors (Lipinski definition) is 10. The Morgan fingerprint density at radius 3 is 2.14 bits per heavy atom. The molecule has 0 radical (unpaired) electrons. The standard InChI is InChI=1S/C27H37FN8O5SSi/c1-17(23(24-29-15-18(28)16-30-24)41-43(8,9)27(2,3)4)42(37,38)34-26-32-31-25(19-13-14-35(5)33-19)36(26)22-20(39-6)11-10-12-21(22)40-7/h10-17,23H,1-9H3,(H,32,34)/t17-,23?/m1/s1. The van der Waals surface area contributed by atoms with E-state index in [-0.39, 0.29) is 22.6 Å². The Morgan fingerprint density at radius 2 is 1.63 bits per heavy atom. The minimum atomic E-state index is -4.28. The van der Waals surface area contributed by atoms with Crippen LogP contribution in [0.15, 0.2) is 42.9 Å². The van der Waals surface area contributed by atoms with Crippen LogP contribution in [0.25, 0.3) is 17.2 Å². The second-order valence-corrected chi connectivity index (χ2v) is 18.3. The number of sulfonamides is 1. The molecule has 1 aromatic carbocycles. The van der Waals surface area contributed by atoms with Gasteiger partial charge in [0.2, 0.25) is 16.0 Å². The van der Waals surface area contributed by atoms with Crippen LogP contribution in [0.1, 0.15) is 39.6 Å². The van der Waals surface area contributed by atoms with E-state index in [0.717, 1.165) is 12.4 Å². The van der Waals surface area contributed by atoms with Gasteiger partial charge in [0.15, 0.2) is 25.8 Å². The molecule has 232 valence electrons. The van der Waals surface area contributed by atoms with Crippen molar-refractivity contribution in [3.63, 3.8) is 0 Å². The van der Waals surface area contributed by atoms with Crippen LogP contribution in [0.5, 0.6) is 11.5 Å². The van der Waals surface area contributed by atoms with Crippen LogP contribution in [0.4, 0.5) is 10.3 Å². The Balaban J connectivity index is 1.84. The Bertz CT molecular complexity index is 1660. The first-order valence-corrected chi connectivity index (χ1v) is 17.9. The number of aryl methyl sites for hydroxylation is 1. The van der Waals surface area contributed by atoms with E-state index in [9.17, 15) is 12.8 Å². The number of aromatic nitrogens is 7. The van der Waals surface area contributed by atoms with Gasteiger partial charge >= 0.3 is 0 Å². The highest BCUT2D eigenvalue weighted by Gasteiger charge is 2.44. The van der Waals surface area contributed by atoms with Crippen LogP contribution in [-0.4, -0.2) is 70.7 Å². The molecule has 0 spiro atoms. The van der Waals surface area contributed by atoms with E-state index in [0.29, 0.717) is 22.9 Å².